The molecule has 0 aliphatic carbocycles. The minimum atomic E-state index is -0.807. The molecule has 1 heterocycles. The van der Waals surface area contributed by atoms with Crippen LogP contribution in [-0.2, 0) is 11.3 Å². The summed E-state index contributed by atoms with van der Waals surface area (Å²) >= 11 is 0. The summed E-state index contributed by atoms with van der Waals surface area (Å²) in [6.45, 7) is 0.517. The van der Waals surface area contributed by atoms with Gasteiger partial charge >= 0.3 is 5.97 Å². The van der Waals surface area contributed by atoms with Gasteiger partial charge in [-0.05, 0) is 25.0 Å². The molecule has 0 bridgehead atoms. The first-order chi connectivity index (χ1) is 7.65. The van der Waals surface area contributed by atoms with E-state index in [9.17, 15) is 9.59 Å². The molecule has 88 valence electrons. The second kappa shape index (κ2) is 5.95. The number of hydrogen-bond donors (Lipinski definition) is 1. The molecule has 0 unspecified atom stereocenters. The standard InChI is InChI=1S/C11H15NO4/c1-16-9-5-4-8-12(11(9)15)7-3-2-6-10(13)14/h4-5,8H,2-3,6-7H2,1H3,(H,13,14). The zero-order valence-corrected chi connectivity index (χ0v) is 9.18. The van der Waals surface area contributed by atoms with Crippen molar-refractivity contribution in [2.75, 3.05) is 7.11 Å². The smallest absolute Gasteiger partial charge is 0.303 e. The van der Waals surface area contributed by atoms with Crippen LogP contribution in [0.5, 0.6) is 5.75 Å². The van der Waals surface area contributed by atoms with Gasteiger partial charge in [0.1, 0.15) is 0 Å². The van der Waals surface area contributed by atoms with Crippen molar-refractivity contribution in [2.24, 2.45) is 0 Å². The molecule has 0 radical (unpaired) electrons. The number of aryl methyl sites for hydroxylation is 1. The van der Waals surface area contributed by atoms with Gasteiger partial charge in [0, 0.05) is 19.2 Å². The Labute approximate surface area is 93.3 Å². The fourth-order valence-corrected chi connectivity index (χ4v) is 1.40. The van der Waals surface area contributed by atoms with Crippen molar-refractivity contribution >= 4 is 5.97 Å². The molecule has 0 saturated heterocycles. The molecule has 5 heteroatoms. The van der Waals surface area contributed by atoms with Gasteiger partial charge in [-0.3, -0.25) is 9.59 Å². The summed E-state index contributed by atoms with van der Waals surface area (Å²) in [7, 11) is 1.45. The highest BCUT2D eigenvalue weighted by atomic mass is 16.5. The molecule has 0 aromatic carbocycles. The molecule has 0 spiro atoms. The lowest BCUT2D eigenvalue weighted by molar-refractivity contribution is -0.137. The van der Waals surface area contributed by atoms with Crippen LogP contribution in [0.2, 0.25) is 0 Å². The van der Waals surface area contributed by atoms with Crippen LogP contribution in [0.4, 0.5) is 0 Å². The van der Waals surface area contributed by atoms with Gasteiger partial charge in [0.2, 0.25) is 0 Å². The second-order valence-corrected chi connectivity index (χ2v) is 3.43. The molecule has 1 rings (SSSR count). The van der Waals surface area contributed by atoms with E-state index in [1.807, 2.05) is 0 Å². The molecule has 0 atom stereocenters. The minimum absolute atomic E-state index is 0.138. The largest absolute Gasteiger partial charge is 0.491 e. The third kappa shape index (κ3) is 3.42. The Morgan fingerprint density at radius 1 is 1.50 bits per heavy atom. The monoisotopic (exact) mass is 225 g/mol. The number of unbranched alkanes of at least 4 members (excludes halogenated alkanes) is 1. The van der Waals surface area contributed by atoms with Crippen molar-refractivity contribution in [3.8, 4) is 5.75 Å². The summed E-state index contributed by atoms with van der Waals surface area (Å²) in [5.74, 6) is -0.501. The van der Waals surface area contributed by atoms with Gasteiger partial charge in [0.15, 0.2) is 5.75 Å². The fraction of sp³-hybridized carbons (Fsp3) is 0.455. The topological polar surface area (TPSA) is 68.5 Å². The predicted octanol–water partition coefficient (Wildman–Crippen LogP) is 1.11. The van der Waals surface area contributed by atoms with E-state index in [0.29, 0.717) is 25.1 Å². The predicted molar refractivity (Wildman–Crippen MR) is 58.7 cm³/mol. The summed E-state index contributed by atoms with van der Waals surface area (Å²) in [5.41, 5.74) is -0.180. The Balaban J connectivity index is 2.54. The number of methoxy groups -OCH3 is 1. The number of pyridine rings is 1. The molecular formula is C11H15NO4. The van der Waals surface area contributed by atoms with E-state index >= 15 is 0 Å². The van der Waals surface area contributed by atoms with Gasteiger partial charge in [0.25, 0.3) is 5.56 Å². The van der Waals surface area contributed by atoms with Crippen LogP contribution in [0, 0.1) is 0 Å². The first-order valence-electron chi connectivity index (χ1n) is 5.10. The summed E-state index contributed by atoms with van der Waals surface area (Å²) in [5, 5.41) is 8.46. The van der Waals surface area contributed by atoms with Crippen molar-refractivity contribution in [3.05, 3.63) is 28.7 Å². The lowest BCUT2D eigenvalue weighted by atomic mass is 10.2. The van der Waals surface area contributed by atoms with Crippen LogP contribution in [0.3, 0.4) is 0 Å². The Kier molecular flexibility index (Phi) is 4.57. The maximum absolute atomic E-state index is 11.6. The maximum Gasteiger partial charge on any atom is 0.303 e. The van der Waals surface area contributed by atoms with Crippen LogP contribution in [-0.4, -0.2) is 22.8 Å². The van der Waals surface area contributed by atoms with Crippen LogP contribution in [0.25, 0.3) is 0 Å². The van der Waals surface area contributed by atoms with Gasteiger partial charge in [-0.15, -0.1) is 0 Å². The molecule has 0 amide bonds. The molecule has 16 heavy (non-hydrogen) atoms. The molecule has 0 saturated carbocycles. The van der Waals surface area contributed by atoms with E-state index in [-0.39, 0.29) is 12.0 Å². The number of aliphatic carboxylic acids is 1. The molecule has 0 aliphatic rings. The van der Waals surface area contributed by atoms with Crippen LogP contribution < -0.4 is 10.3 Å². The molecule has 0 aliphatic heterocycles. The number of aromatic nitrogens is 1. The summed E-state index contributed by atoms with van der Waals surface area (Å²) in [6, 6.07) is 3.34. The van der Waals surface area contributed by atoms with Gasteiger partial charge in [-0.2, -0.15) is 0 Å². The lowest BCUT2D eigenvalue weighted by Gasteiger charge is -2.06. The summed E-state index contributed by atoms with van der Waals surface area (Å²) < 4.78 is 6.43. The number of carboxylic acid groups (broad SMARTS) is 1. The number of carbonyl (C=O) groups is 1. The fourth-order valence-electron chi connectivity index (χ4n) is 1.40. The Morgan fingerprint density at radius 3 is 2.88 bits per heavy atom. The van der Waals surface area contributed by atoms with Gasteiger partial charge < -0.3 is 14.4 Å². The Bertz CT molecular complexity index is 411. The normalized spacial score (nSPS) is 10.1. The quantitative estimate of drug-likeness (QED) is 0.736. The summed E-state index contributed by atoms with van der Waals surface area (Å²) in [6.07, 6.45) is 3.04. The highest BCUT2D eigenvalue weighted by Gasteiger charge is 2.02. The summed E-state index contributed by atoms with van der Waals surface area (Å²) in [4.78, 5) is 21.9. The SMILES string of the molecule is COc1cccn(CCCCC(=O)O)c1=O. The molecular weight excluding hydrogens is 210 g/mol. The highest BCUT2D eigenvalue weighted by molar-refractivity contribution is 5.66. The van der Waals surface area contributed by atoms with Crippen LogP contribution in [0.1, 0.15) is 19.3 Å². The minimum Gasteiger partial charge on any atom is -0.491 e. The van der Waals surface area contributed by atoms with Crippen LogP contribution >= 0.6 is 0 Å². The first kappa shape index (κ1) is 12.3. The van der Waals surface area contributed by atoms with E-state index in [4.69, 9.17) is 9.84 Å². The van der Waals surface area contributed by atoms with E-state index in [1.165, 1.54) is 11.7 Å². The first-order valence-corrected chi connectivity index (χ1v) is 5.10. The second-order valence-electron chi connectivity index (χ2n) is 3.43. The molecule has 1 aromatic rings. The maximum atomic E-state index is 11.6. The van der Waals surface area contributed by atoms with Crippen molar-refractivity contribution in [1.29, 1.82) is 0 Å². The average Bonchev–Trinajstić information content (AvgIpc) is 2.26. The van der Waals surface area contributed by atoms with Crippen molar-refractivity contribution in [3.63, 3.8) is 0 Å². The third-order valence-corrected chi connectivity index (χ3v) is 2.24. The molecule has 5 nitrogen and oxygen atoms in total. The zero-order valence-electron chi connectivity index (χ0n) is 9.18. The molecule has 0 fully saturated rings. The van der Waals surface area contributed by atoms with Crippen molar-refractivity contribution in [1.82, 2.24) is 4.57 Å². The van der Waals surface area contributed by atoms with Crippen LogP contribution in [0.15, 0.2) is 23.1 Å². The third-order valence-electron chi connectivity index (χ3n) is 2.24. The lowest BCUT2D eigenvalue weighted by Crippen LogP contribution is -2.20. The van der Waals surface area contributed by atoms with Crippen molar-refractivity contribution < 1.29 is 14.6 Å². The van der Waals surface area contributed by atoms with Gasteiger partial charge in [-0.25, -0.2) is 0 Å². The van der Waals surface area contributed by atoms with Gasteiger partial charge in [0.05, 0.1) is 7.11 Å². The van der Waals surface area contributed by atoms with E-state index in [1.54, 1.807) is 18.3 Å². The number of ether oxygens (including phenoxy) is 1. The zero-order chi connectivity index (χ0) is 12.0. The number of carboxylic acids is 1. The molecule has 1 N–H and O–H groups in total. The Hall–Kier alpha value is -1.78. The molecule has 1 aromatic heterocycles. The van der Waals surface area contributed by atoms with E-state index in [2.05, 4.69) is 0 Å². The highest BCUT2D eigenvalue weighted by Crippen LogP contribution is 2.02. The van der Waals surface area contributed by atoms with Gasteiger partial charge in [-0.1, -0.05) is 0 Å². The average molecular weight is 225 g/mol. The van der Waals surface area contributed by atoms with E-state index < -0.39 is 5.97 Å². The Morgan fingerprint density at radius 2 is 2.25 bits per heavy atom. The van der Waals surface area contributed by atoms with Crippen molar-refractivity contribution in [2.45, 2.75) is 25.8 Å². The number of rotatable bonds is 6. The van der Waals surface area contributed by atoms with E-state index in [0.717, 1.165) is 0 Å². The number of hydrogen-bond acceptors (Lipinski definition) is 3. The number of nitrogens with zero attached hydrogens (tertiary/aromatic N) is 1.